The van der Waals surface area contributed by atoms with Crippen molar-refractivity contribution in [1.29, 1.82) is 5.26 Å². The number of thioether (sulfide) groups is 1. The number of H-pyrrole nitrogens is 1. The first kappa shape index (κ1) is 12.9. The number of nitrogens with one attached hydrogen (secondary N) is 1. The summed E-state index contributed by atoms with van der Waals surface area (Å²) in [5.41, 5.74) is 2.50. The third kappa shape index (κ3) is 1.58. The Morgan fingerprint density at radius 2 is 2.18 bits per heavy atom. The Balaban J connectivity index is 2.35. The average molecular weight is 307 g/mol. The van der Waals surface area contributed by atoms with Crippen LogP contribution in [-0.2, 0) is 0 Å². The number of hydrogen-bond acceptors (Lipinski definition) is 5. The van der Waals surface area contributed by atoms with Crippen molar-refractivity contribution in [2.45, 2.75) is 5.16 Å². The maximum Gasteiger partial charge on any atom is 0.267 e. The Morgan fingerprint density at radius 1 is 1.36 bits per heavy atom. The fourth-order valence-electron chi connectivity index (χ4n) is 2.61. The molecule has 0 atom stereocenters. The van der Waals surface area contributed by atoms with Gasteiger partial charge in [-0.1, -0.05) is 23.9 Å². The number of fused-ring (bicyclic) bond motifs is 4. The monoisotopic (exact) mass is 307 g/mol. The number of aromatic amines is 1. The normalized spacial score (nSPS) is 11.3. The zero-order chi connectivity index (χ0) is 15.3. The highest BCUT2D eigenvalue weighted by Crippen LogP contribution is 2.23. The first-order chi connectivity index (χ1) is 10.7. The Morgan fingerprint density at radius 3 is 2.95 bits per heavy atom. The summed E-state index contributed by atoms with van der Waals surface area (Å²) in [6.07, 6.45) is 3.34. The Kier molecular flexibility index (Phi) is 2.68. The van der Waals surface area contributed by atoms with Gasteiger partial charge in [-0.15, -0.1) is 0 Å². The molecule has 0 spiro atoms. The van der Waals surface area contributed by atoms with E-state index in [1.807, 2.05) is 30.5 Å². The second-order valence-electron chi connectivity index (χ2n) is 4.74. The van der Waals surface area contributed by atoms with Gasteiger partial charge in [0, 0.05) is 6.20 Å². The van der Waals surface area contributed by atoms with Gasteiger partial charge in [0.25, 0.3) is 5.56 Å². The van der Waals surface area contributed by atoms with E-state index in [1.54, 1.807) is 0 Å². The summed E-state index contributed by atoms with van der Waals surface area (Å²) >= 11 is 1.37. The van der Waals surface area contributed by atoms with E-state index in [0.717, 1.165) is 11.0 Å². The van der Waals surface area contributed by atoms with E-state index >= 15 is 0 Å². The number of rotatable bonds is 1. The maximum atomic E-state index is 12.8. The molecule has 4 rings (SSSR count). The molecule has 6 nitrogen and oxygen atoms in total. The lowest BCUT2D eigenvalue weighted by atomic mass is 10.2. The van der Waals surface area contributed by atoms with Gasteiger partial charge in [0.05, 0.1) is 16.4 Å². The van der Waals surface area contributed by atoms with Gasteiger partial charge in [0.2, 0.25) is 0 Å². The molecule has 3 aromatic heterocycles. The number of nitrogens with zero attached hydrogens (tertiary/aromatic N) is 4. The Labute approximate surface area is 128 Å². The molecule has 1 aromatic carbocycles. The molecule has 0 aliphatic carbocycles. The highest BCUT2D eigenvalue weighted by atomic mass is 32.2. The summed E-state index contributed by atoms with van der Waals surface area (Å²) in [7, 11) is 0. The van der Waals surface area contributed by atoms with E-state index in [2.05, 4.69) is 21.0 Å². The van der Waals surface area contributed by atoms with E-state index < -0.39 is 0 Å². The van der Waals surface area contributed by atoms with E-state index in [4.69, 9.17) is 0 Å². The van der Waals surface area contributed by atoms with Crippen LogP contribution in [-0.4, -0.2) is 25.6 Å². The zero-order valence-corrected chi connectivity index (χ0v) is 12.3. The minimum absolute atomic E-state index is 0.228. The van der Waals surface area contributed by atoms with Gasteiger partial charge in [-0.2, -0.15) is 5.26 Å². The molecule has 4 aromatic rings. The molecule has 106 valence electrons. The van der Waals surface area contributed by atoms with E-state index in [0.29, 0.717) is 27.3 Å². The van der Waals surface area contributed by atoms with Gasteiger partial charge in [0.1, 0.15) is 22.8 Å². The first-order valence-electron chi connectivity index (χ1n) is 6.51. The van der Waals surface area contributed by atoms with Crippen LogP contribution in [0.5, 0.6) is 0 Å². The number of hydrogen-bond donors (Lipinski definition) is 1. The van der Waals surface area contributed by atoms with Gasteiger partial charge in [-0.05, 0) is 18.4 Å². The third-order valence-electron chi connectivity index (χ3n) is 3.59. The quantitative estimate of drug-likeness (QED) is 0.431. The van der Waals surface area contributed by atoms with Gasteiger partial charge in [0.15, 0.2) is 5.16 Å². The molecule has 7 heteroatoms. The standard InChI is InChI=1S/C15H9N5OS/c1-22-15-17-7-9-12(19-15)8(6-16)13-18-10-4-2-3-5-11(10)20(13)14(9)21/h2-5,7,18H,1H3. The number of aromatic nitrogens is 4. The van der Waals surface area contributed by atoms with Crippen LogP contribution in [0.3, 0.4) is 0 Å². The van der Waals surface area contributed by atoms with E-state index in [-0.39, 0.29) is 5.56 Å². The SMILES string of the molecule is CSc1ncc2c(=O)n3c([nH]c4ccccc43)c(C#N)c2n1. The molecule has 0 bridgehead atoms. The van der Waals surface area contributed by atoms with Crippen molar-refractivity contribution in [2.24, 2.45) is 0 Å². The number of nitriles is 1. The van der Waals surface area contributed by atoms with Crippen LogP contribution in [0.2, 0.25) is 0 Å². The van der Waals surface area contributed by atoms with Crippen molar-refractivity contribution in [2.75, 3.05) is 6.26 Å². The lowest BCUT2D eigenvalue weighted by molar-refractivity contribution is 0.997. The van der Waals surface area contributed by atoms with Crippen LogP contribution in [0, 0.1) is 11.3 Å². The Hall–Kier alpha value is -2.85. The van der Waals surface area contributed by atoms with Crippen LogP contribution < -0.4 is 5.56 Å². The van der Waals surface area contributed by atoms with Crippen molar-refractivity contribution in [3.63, 3.8) is 0 Å². The van der Waals surface area contributed by atoms with Crippen molar-refractivity contribution >= 4 is 39.3 Å². The van der Waals surface area contributed by atoms with Gasteiger partial charge in [-0.25, -0.2) is 9.97 Å². The van der Waals surface area contributed by atoms with Gasteiger partial charge < -0.3 is 4.98 Å². The van der Waals surface area contributed by atoms with Crippen molar-refractivity contribution in [1.82, 2.24) is 19.4 Å². The van der Waals surface area contributed by atoms with Crippen LogP contribution >= 0.6 is 11.8 Å². The van der Waals surface area contributed by atoms with Crippen LogP contribution in [0.25, 0.3) is 27.6 Å². The van der Waals surface area contributed by atoms with Crippen LogP contribution in [0.15, 0.2) is 40.4 Å². The second kappa shape index (κ2) is 4.58. The number of para-hydroxylation sites is 2. The largest absolute Gasteiger partial charge is 0.338 e. The zero-order valence-electron chi connectivity index (χ0n) is 11.5. The summed E-state index contributed by atoms with van der Waals surface area (Å²) in [4.78, 5) is 24.4. The predicted molar refractivity (Wildman–Crippen MR) is 85.1 cm³/mol. The molecule has 0 saturated heterocycles. The molecular formula is C15H9N5OS. The third-order valence-corrected chi connectivity index (χ3v) is 4.15. The summed E-state index contributed by atoms with van der Waals surface area (Å²) < 4.78 is 1.51. The molecule has 0 aliphatic heterocycles. The summed E-state index contributed by atoms with van der Waals surface area (Å²) in [5, 5.41) is 10.4. The van der Waals surface area contributed by atoms with Crippen LogP contribution in [0.1, 0.15) is 5.56 Å². The molecule has 3 heterocycles. The number of benzene rings is 1. The van der Waals surface area contributed by atoms with Crippen molar-refractivity contribution in [3.05, 3.63) is 46.4 Å². The molecule has 0 fully saturated rings. The van der Waals surface area contributed by atoms with Crippen LogP contribution in [0.4, 0.5) is 0 Å². The average Bonchev–Trinajstić information content (AvgIpc) is 2.94. The second-order valence-corrected chi connectivity index (χ2v) is 5.51. The molecule has 22 heavy (non-hydrogen) atoms. The Bertz CT molecular complexity index is 1150. The summed E-state index contributed by atoms with van der Waals surface area (Å²) in [5.74, 6) is 0. The molecule has 0 saturated carbocycles. The fourth-order valence-corrected chi connectivity index (χ4v) is 2.95. The molecule has 0 aliphatic rings. The van der Waals surface area contributed by atoms with Crippen molar-refractivity contribution in [3.8, 4) is 6.07 Å². The topological polar surface area (TPSA) is 86.8 Å². The first-order valence-corrected chi connectivity index (χ1v) is 7.73. The number of pyridine rings is 1. The maximum absolute atomic E-state index is 12.8. The minimum Gasteiger partial charge on any atom is -0.338 e. The number of imidazole rings is 1. The lowest BCUT2D eigenvalue weighted by Crippen LogP contribution is -2.15. The summed E-state index contributed by atoms with van der Waals surface area (Å²) in [6.45, 7) is 0. The summed E-state index contributed by atoms with van der Waals surface area (Å²) in [6, 6.07) is 9.60. The molecule has 0 amide bonds. The fraction of sp³-hybridized carbons (Fsp3) is 0.0667. The predicted octanol–water partition coefficient (Wildman–Crippen LogP) is 2.32. The highest BCUT2D eigenvalue weighted by Gasteiger charge is 2.17. The molecular weight excluding hydrogens is 298 g/mol. The highest BCUT2D eigenvalue weighted by molar-refractivity contribution is 7.98. The molecule has 0 radical (unpaired) electrons. The van der Waals surface area contributed by atoms with Crippen molar-refractivity contribution < 1.29 is 0 Å². The smallest absolute Gasteiger partial charge is 0.267 e. The van der Waals surface area contributed by atoms with Gasteiger partial charge in [-0.3, -0.25) is 9.20 Å². The van der Waals surface area contributed by atoms with E-state index in [9.17, 15) is 10.1 Å². The molecule has 1 N–H and O–H groups in total. The molecule has 0 unspecified atom stereocenters. The minimum atomic E-state index is -0.228. The van der Waals surface area contributed by atoms with Gasteiger partial charge >= 0.3 is 0 Å². The lowest BCUT2D eigenvalue weighted by Gasteiger charge is -2.03. The van der Waals surface area contributed by atoms with E-state index in [1.165, 1.54) is 22.4 Å².